The summed E-state index contributed by atoms with van der Waals surface area (Å²) in [4.78, 5) is 27.3. The minimum absolute atomic E-state index is 0.299. The third kappa shape index (κ3) is 3.98. The van der Waals surface area contributed by atoms with Gasteiger partial charge in [0.25, 0.3) is 0 Å². The molecule has 0 bridgehead atoms. The first-order chi connectivity index (χ1) is 10.1. The lowest BCUT2D eigenvalue weighted by Gasteiger charge is -2.35. The number of piperazine rings is 1. The van der Waals surface area contributed by atoms with Crippen LogP contribution in [0.4, 0.5) is 5.69 Å². The van der Waals surface area contributed by atoms with Crippen LogP contribution >= 0.6 is 11.6 Å². The first-order valence-corrected chi connectivity index (χ1v) is 7.18. The van der Waals surface area contributed by atoms with Crippen molar-refractivity contribution in [2.75, 3.05) is 37.6 Å². The second kappa shape index (κ2) is 7.13. The number of nitrogens with one attached hydrogen (secondary N) is 1. The van der Waals surface area contributed by atoms with Crippen molar-refractivity contribution in [3.05, 3.63) is 41.9 Å². The second-order valence-corrected chi connectivity index (χ2v) is 5.19. The fraction of sp³-hybridized carbons (Fsp3) is 0.333. The molecule has 0 unspecified atom stereocenters. The number of carbonyl (C=O) groups is 2. The molecule has 2 amide bonds. The van der Waals surface area contributed by atoms with Crippen molar-refractivity contribution in [1.82, 2.24) is 10.2 Å². The van der Waals surface area contributed by atoms with Gasteiger partial charge in [0, 0.05) is 43.4 Å². The maximum absolute atomic E-state index is 11.9. The predicted octanol–water partition coefficient (Wildman–Crippen LogP) is 1.29. The molecule has 0 radical (unpaired) electrons. The molecule has 6 heteroatoms. The topological polar surface area (TPSA) is 52.7 Å². The SMILES string of the molecule is C=CCNC(=O)C(=O)N1CCN(c2cccc(Cl)c2)CC1. The summed E-state index contributed by atoms with van der Waals surface area (Å²) < 4.78 is 0. The Hall–Kier alpha value is -2.01. The zero-order chi connectivity index (χ0) is 15.2. The fourth-order valence-corrected chi connectivity index (χ4v) is 2.41. The lowest BCUT2D eigenvalue weighted by Crippen LogP contribution is -2.52. The highest BCUT2D eigenvalue weighted by atomic mass is 35.5. The van der Waals surface area contributed by atoms with Crippen LogP contribution in [0.3, 0.4) is 0 Å². The van der Waals surface area contributed by atoms with E-state index in [2.05, 4.69) is 16.8 Å². The molecule has 1 saturated heterocycles. The van der Waals surface area contributed by atoms with Crippen molar-refractivity contribution >= 4 is 29.1 Å². The summed E-state index contributed by atoms with van der Waals surface area (Å²) in [5.74, 6) is -1.06. The molecule has 1 aliphatic heterocycles. The molecule has 5 nitrogen and oxygen atoms in total. The molecule has 0 aliphatic carbocycles. The van der Waals surface area contributed by atoms with Gasteiger partial charge in [-0.05, 0) is 18.2 Å². The molecular formula is C15H18ClN3O2. The Kier molecular flexibility index (Phi) is 5.22. The minimum Gasteiger partial charge on any atom is -0.368 e. The number of benzene rings is 1. The molecule has 2 rings (SSSR count). The zero-order valence-electron chi connectivity index (χ0n) is 11.7. The zero-order valence-corrected chi connectivity index (χ0v) is 12.5. The highest BCUT2D eigenvalue weighted by molar-refractivity contribution is 6.35. The van der Waals surface area contributed by atoms with Crippen molar-refractivity contribution < 1.29 is 9.59 Å². The maximum Gasteiger partial charge on any atom is 0.312 e. The van der Waals surface area contributed by atoms with Gasteiger partial charge in [0.2, 0.25) is 0 Å². The van der Waals surface area contributed by atoms with Crippen molar-refractivity contribution in [2.24, 2.45) is 0 Å². The van der Waals surface area contributed by atoms with Crippen LogP contribution in [0.1, 0.15) is 0 Å². The van der Waals surface area contributed by atoms with Crippen LogP contribution in [0.2, 0.25) is 5.02 Å². The van der Waals surface area contributed by atoms with E-state index in [1.54, 1.807) is 11.0 Å². The third-order valence-electron chi connectivity index (χ3n) is 3.34. The molecule has 0 spiro atoms. The van der Waals surface area contributed by atoms with Gasteiger partial charge in [-0.15, -0.1) is 6.58 Å². The molecule has 0 saturated carbocycles. The van der Waals surface area contributed by atoms with E-state index in [1.165, 1.54) is 0 Å². The van der Waals surface area contributed by atoms with Crippen molar-refractivity contribution in [1.29, 1.82) is 0 Å². The van der Waals surface area contributed by atoms with E-state index in [0.717, 1.165) is 5.69 Å². The van der Waals surface area contributed by atoms with Gasteiger partial charge in [-0.3, -0.25) is 9.59 Å². The molecule has 112 valence electrons. The minimum atomic E-state index is -0.578. The standard InChI is InChI=1S/C15H18ClN3O2/c1-2-6-17-14(20)15(21)19-9-7-18(8-10-19)13-5-3-4-12(16)11-13/h2-5,11H,1,6-10H2,(H,17,20). The van der Waals surface area contributed by atoms with E-state index in [-0.39, 0.29) is 0 Å². The molecule has 1 fully saturated rings. The van der Waals surface area contributed by atoms with Crippen LogP contribution in [-0.2, 0) is 9.59 Å². The van der Waals surface area contributed by atoms with Crippen LogP contribution in [-0.4, -0.2) is 49.4 Å². The van der Waals surface area contributed by atoms with E-state index in [9.17, 15) is 9.59 Å². The third-order valence-corrected chi connectivity index (χ3v) is 3.58. The van der Waals surface area contributed by atoms with E-state index >= 15 is 0 Å². The van der Waals surface area contributed by atoms with Gasteiger partial charge in [0.1, 0.15) is 0 Å². The summed E-state index contributed by atoms with van der Waals surface area (Å²) in [5, 5.41) is 3.19. The van der Waals surface area contributed by atoms with Crippen molar-refractivity contribution in [3.8, 4) is 0 Å². The van der Waals surface area contributed by atoms with Crippen molar-refractivity contribution in [3.63, 3.8) is 0 Å². The molecule has 0 atom stereocenters. The van der Waals surface area contributed by atoms with E-state index in [4.69, 9.17) is 11.6 Å². The largest absolute Gasteiger partial charge is 0.368 e. The monoisotopic (exact) mass is 307 g/mol. The number of amides is 2. The van der Waals surface area contributed by atoms with Crippen LogP contribution < -0.4 is 10.2 Å². The Morgan fingerprint density at radius 1 is 1.29 bits per heavy atom. The molecule has 1 aromatic carbocycles. The molecular weight excluding hydrogens is 290 g/mol. The van der Waals surface area contributed by atoms with Crippen LogP contribution in [0, 0.1) is 0 Å². The average molecular weight is 308 g/mol. The Labute approximate surface area is 129 Å². The number of carbonyl (C=O) groups excluding carboxylic acids is 2. The quantitative estimate of drug-likeness (QED) is 0.676. The Bertz CT molecular complexity index is 539. The molecule has 1 N–H and O–H groups in total. The number of hydrogen-bond acceptors (Lipinski definition) is 3. The highest BCUT2D eigenvalue weighted by Gasteiger charge is 2.25. The number of halogens is 1. The summed E-state index contributed by atoms with van der Waals surface area (Å²) in [6, 6.07) is 7.61. The summed E-state index contributed by atoms with van der Waals surface area (Å²) in [6.45, 7) is 6.20. The van der Waals surface area contributed by atoms with E-state index in [1.807, 2.05) is 24.3 Å². The van der Waals surface area contributed by atoms with E-state index < -0.39 is 11.8 Å². The van der Waals surface area contributed by atoms with Gasteiger partial charge in [-0.25, -0.2) is 0 Å². The Morgan fingerprint density at radius 3 is 2.62 bits per heavy atom. The summed E-state index contributed by atoms with van der Waals surface area (Å²) in [5.41, 5.74) is 1.03. The van der Waals surface area contributed by atoms with E-state index in [0.29, 0.717) is 37.7 Å². The average Bonchev–Trinajstić information content (AvgIpc) is 2.52. The highest BCUT2D eigenvalue weighted by Crippen LogP contribution is 2.20. The van der Waals surface area contributed by atoms with Gasteiger partial charge in [-0.1, -0.05) is 23.7 Å². The van der Waals surface area contributed by atoms with Gasteiger partial charge in [0.05, 0.1) is 0 Å². The summed E-state index contributed by atoms with van der Waals surface area (Å²) >= 11 is 5.98. The lowest BCUT2D eigenvalue weighted by molar-refractivity contribution is -0.145. The molecule has 1 aliphatic rings. The van der Waals surface area contributed by atoms with Crippen LogP contribution in [0.5, 0.6) is 0 Å². The number of rotatable bonds is 3. The van der Waals surface area contributed by atoms with Gasteiger partial charge in [-0.2, -0.15) is 0 Å². The normalized spacial score (nSPS) is 14.7. The number of nitrogens with zero attached hydrogens (tertiary/aromatic N) is 2. The van der Waals surface area contributed by atoms with Crippen molar-refractivity contribution in [2.45, 2.75) is 0 Å². The lowest BCUT2D eigenvalue weighted by atomic mass is 10.2. The Morgan fingerprint density at radius 2 is 2.00 bits per heavy atom. The van der Waals surface area contributed by atoms with Gasteiger partial charge in [0.15, 0.2) is 0 Å². The van der Waals surface area contributed by atoms with Crippen LogP contribution in [0.15, 0.2) is 36.9 Å². The first kappa shape index (κ1) is 15.4. The molecule has 0 aromatic heterocycles. The first-order valence-electron chi connectivity index (χ1n) is 6.80. The molecule has 1 heterocycles. The Balaban J connectivity index is 1.89. The fourth-order valence-electron chi connectivity index (χ4n) is 2.22. The number of hydrogen-bond donors (Lipinski definition) is 1. The summed E-state index contributed by atoms with van der Waals surface area (Å²) in [6.07, 6.45) is 1.54. The summed E-state index contributed by atoms with van der Waals surface area (Å²) in [7, 11) is 0. The maximum atomic E-state index is 11.9. The molecule has 1 aromatic rings. The van der Waals surface area contributed by atoms with Crippen LogP contribution in [0.25, 0.3) is 0 Å². The van der Waals surface area contributed by atoms with Gasteiger partial charge >= 0.3 is 11.8 Å². The second-order valence-electron chi connectivity index (χ2n) is 4.76. The smallest absolute Gasteiger partial charge is 0.312 e. The predicted molar refractivity (Wildman–Crippen MR) is 83.5 cm³/mol. The molecule has 21 heavy (non-hydrogen) atoms. The van der Waals surface area contributed by atoms with Gasteiger partial charge < -0.3 is 15.1 Å². The number of anilines is 1.